The number of nitrogens with two attached hydrogens (primary N) is 1. The first kappa shape index (κ1) is 23.4. The molecule has 12 heteroatoms. The molecule has 12 nitrogen and oxygen atoms in total. The smallest absolute Gasteiger partial charge is 0.293 e. The average Bonchev–Trinajstić information content (AvgIpc) is 3.46. The van der Waals surface area contributed by atoms with Crippen molar-refractivity contribution in [1.82, 2.24) is 35.6 Å². The minimum atomic E-state index is -0.482. The Hall–Kier alpha value is -3.80. The van der Waals surface area contributed by atoms with E-state index in [1.165, 1.54) is 11.1 Å². The van der Waals surface area contributed by atoms with Crippen LogP contribution in [-0.2, 0) is 6.54 Å². The van der Waals surface area contributed by atoms with Gasteiger partial charge in [-0.3, -0.25) is 9.69 Å². The number of nitrogen functional groups attached to an aromatic ring is 1. The molecule has 3 aromatic rings. The highest BCUT2D eigenvalue weighted by atomic mass is 16.6. The van der Waals surface area contributed by atoms with Crippen molar-refractivity contribution < 1.29 is 14.2 Å². The second kappa shape index (κ2) is 11.4. The van der Waals surface area contributed by atoms with Crippen LogP contribution in [0.1, 0.15) is 60.8 Å². The molecule has 180 valence electrons. The second-order valence-corrected chi connectivity index (χ2v) is 8.08. The second-order valence-electron chi connectivity index (χ2n) is 8.08. The van der Waals surface area contributed by atoms with Crippen LogP contribution in [0.5, 0.6) is 5.75 Å². The van der Waals surface area contributed by atoms with Crippen LogP contribution in [0.3, 0.4) is 0 Å². The van der Waals surface area contributed by atoms with Gasteiger partial charge in [-0.05, 0) is 72.5 Å². The standard InChI is InChI=1S/C22H29N9O3/c1-2-3-13-33-17-9-7-16(8-10-17)14-24-26-22(32)19-18(15-30-11-5-4-6-12-30)31(29-25-19)21-20(23)27-34-28-21/h7-10,14H,2-6,11-13,15H2,1H3,(H2,23,27)(H,26,32)/b24-14+. The van der Waals surface area contributed by atoms with Crippen LogP contribution < -0.4 is 15.9 Å². The normalized spacial score (nSPS) is 14.5. The number of rotatable bonds is 10. The number of aromatic nitrogens is 5. The highest BCUT2D eigenvalue weighted by Crippen LogP contribution is 2.19. The van der Waals surface area contributed by atoms with Gasteiger partial charge in [-0.25, -0.2) is 10.1 Å². The maximum atomic E-state index is 12.9. The summed E-state index contributed by atoms with van der Waals surface area (Å²) >= 11 is 0. The monoisotopic (exact) mass is 467 g/mol. The fourth-order valence-corrected chi connectivity index (χ4v) is 3.66. The highest BCUT2D eigenvalue weighted by Gasteiger charge is 2.26. The Kier molecular flexibility index (Phi) is 7.81. The van der Waals surface area contributed by atoms with Crippen molar-refractivity contribution in [3.8, 4) is 11.6 Å². The lowest BCUT2D eigenvalue weighted by molar-refractivity contribution is 0.0947. The molecule has 0 atom stereocenters. The van der Waals surface area contributed by atoms with E-state index in [9.17, 15) is 4.79 Å². The molecule has 1 aromatic carbocycles. The predicted molar refractivity (Wildman–Crippen MR) is 125 cm³/mol. The first-order valence-corrected chi connectivity index (χ1v) is 11.5. The Morgan fingerprint density at radius 2 is 2.03 bits per heavy atom. The number of amides is 1. The molecule has 1 saturated heterocycles. The molecule has 0 unspecified atom stereocenters. The van der Waals surface area contributed by atoms with Gasteiger partial charge in [-0.15, -0.1) is 5.10 Å². The van der Waals surface area contributed by atoms with E-state index in [4.69, 9.17) is 15.1 Å². The van der Waals surface area contributed by atoms with Crippen LogP contribution >= 0.6 is 0 Å². The summed E-state index contributed by atoms with van der Waals surface area (Å²) < 4.78 is 11.8. The van der Waals surface area contributed by atoms with Crippen molar-refractivity contribution in [3.63, 3.8) is 0 Å². The van der Waals surface area contributed by atoms with Gasteiger partial charge in [0.15, 0.2) is 5.69 Å². The Bertz CT molecular complexity index is 1100. The van der Waals surface area contributed by atoms with Crippen LogP contribution in [0.15, 0.2) is 34.0 Å². The molecule has 1 amide bonds. The molecule has 1 fully saturated rings. The van der Waals surface area contributed by atoms with E-state index < -0.39 is 5.91 Å². The number of unbranched alkanes of at least 4 members (excludes halogenated alkanes) is 1. The number of hydrazone groups is 1. The Balaban J connectivity index is 1.45. The lowest BCUT2D eigenvalue weighted by Crippen LogP contribution is -2.31. The van der Waals surface area contributed by atoms with Gasteiger partial charge < -0.3 is 10.5 Å². The summed E-state index contributed by atoms with van der Waals surface area (Å²) in [5.41, 5.74) is 9.89. The van der Waals surface area contributed by atoms with Crippen molar-refractivity contribution in [3.05, 3.63) is 41.2 Å². The summed E-state index contributed by atoms with van der Waals surface area (Å²) in [6.45, 7) is 5.13. The molecule has 0 bridgehead atoms. The van der Waals surface area contributed by atoms with E-state index in [-0.39, 0.29) is 17.3 Å². The van der Waals surface area contributed by atoms with Crippen LogP contribution in [-0.4, -0.2) is 62.0 Å². The van der Waals surface area contributed by atoms with Crippen LogP contribution in [0.2, 0.25) is 0 Å². The fraction of sp³-hybridized carbons (Fsp3) is 0.455. The molecular formula is C22H29N9O3. The summed E-state index contributed by atoms with van der Waals surface area (Å²) in [6, 6.07) is 7.49. The number of carbonyl (C=O) groups excluding carboxylic acids is 1. The Labute approximate surface area is 197 Å². The molecule has 3 heterocycles. The first-order chi connectivity index (χ1) is 16.7. The minimum absolute atomic E-state index is 0.0666. The van der Waals surface area contributed by atoms with Crippen LogP contribution in [0.25, 0.3) is 5.82 Å². The number of anilines is 1. The molecule has 0 saturated carbocycles. The van der Waals surface area contributed by atoms with Gasteiger partial charge in [-0.2, -0.15) is 9.78 Å². The van der Waals surface area contributed by atoms with Gasteiger partial charge in [0.2, 0.25) is 11.6 Å². The molecule has 1 aliphatic rings. The number of hydrogen-bond acceptors (Lipinski definition) is 10. The van der Waals surface area contributed by atoms with Gasteiger partial charge in [0.05, 0.1) is 18.5 Å². The SMILES string of the molecule is CCCCOc1ccc(/C=N/NC(=O)c2nnn(-c3nonc3N)c2CN2CCCCC2)cc1. The van der Waals surface area contributed by atoms with E-state index in [1.807, 2.05) is 24.3 Å². The molecule has 2 aromatic heterocycles. The average molecular weight is 468 g/mol. The number of nitrogens with zero attached hydrogens (tertiary/aromatic N) is 7. The summed E-state index contributed by atoms with van der Waals surface area (Å²) in [4.78, 5) is 15.1. The molecule has 0 radical (unpaired) electrons. The maximum Gasteiger partial charge on any atom is 0.293 e. The molecular weight excluding hydrogens is 438 g/mol. The van der Waals surface area contributed by atoms with E-state index in [0.717, 1.165) is 50.1 Å². The van der Waals surface area contributed by atoms with Gasteiger partial charge in [0.25, 0.3) is 5.91 Å². The molecule has 34 heavy (non-hydrogen) atoms. The van der Waals surface area contributed by atoms with Gasteiger partial charge in [-0.1, -0.05) is 25.0 Å². The molecule has 1 aliphatic heterocycles. The molecule has 4 rings (SSSR count). The number of ether oxygens (including phenoxy) is 1. The van der Waals surface area contributed by atoms with Crippen molar-refractivity contribution in [2.24, 2.45) is 5.10 Å². The summed E-state index contributed by atoms with van der Waals surface area (Å²) in [5.74, 6) is 0.583. The number of carbonyl (C=O) groups is 1. The lowest BCUT2D eigenvalue weighted by atomic mass is 10.1. The van der Waals surface area contributed by atoms with Gasteiger partial charge in [0.1, 0.15) is 5.75 Å². The van der Waals surface area contributed by atoms with E-state index in [0.29, 0.717) is 18.8 Å². The minimum Gasteiger partial charge on any atom is -0.494 e. The summed E-state index contributed by atoms with van der Waals surface area (Å²) in [7, 11) is 0. The van der Waals surface area contributed by atoms with Crippen molar-refractivity contribution in [2.45, 2.75) is 45.6 Å². The topological polar surface area (TPSA) is 150 Å². The van der Waals surface area contributed by atoms with Crippen molar-refractivity contribution in [1.29, 1.82) is 0 Å². The van der Waals surface area contributed by atoms with Gasteiger partial charge >= 0.3 is 0 Å². The lowest BCUT2D eigenvalue weighted by Gasteiger charge is -2.26. The number of nitrogens with one attached hydrogen (secondary N) is 1. The number of piperidine rings is 1. The Morgan fingerprint density at radius 1 is 1.24 bits per heavy atom. The molecule has 0 aliphatic carbocycles. The number of hydrogen-bond donors (Lipinski definition) is 2. The largest absolute Gasteiger partial charge is 0.494 e. The van der Waals surface area contributed by atoms with Crippen molar-refractivity contribution in [2.75, 3.05) is 25.4 Å². The number of likely N-dealkylation sites (tertiary alicyclic amines) is 1. The quantitative estimate of drug-likeness (QED) is 0.260. The highest BCUT2D eigenvalue weighted by molar-refractivity contribution is 5.94. The summed E-state index contributed by atoms with van der Waals surface area (Å²) in [5, 5.41) is 19.6. The van der Waals surface area contributed by atoms with Crippen molar-refractivity contribution >= 4 is 17.9 Å². The van der Waals surface area contributed by atoms with Gasteiger partial charge in [0, 0.05) is 6.54 Å². The molecule has 0 spiro atoms. The number of benzene rings is 1. The van der Waals surface area contributed by atoms with E-state index in [2.05, 4.69) is 43.0 Å². The fourth-order valence-electron chi connectivity index (χ4n) is 3.66. The zero-order valence-corrected chi connectivity index (χ0v) is 19.2. The molecule has 3 N–H and O–H groups in total. The Morgan fingerprint density at radius 3 is 2.74 bits per heavy atom. The zero-order valence-electron chi connectivity index (χ0n) is 19.2. The first-order valence-electron chi connectivity index (χ1n) is 11.5. The third-order valence-electron chi connectivity index (χ3n) is 5.52. The van der Waals surface area contributed by atoms with Crippen LogP contribution in [0, 0.1) is 0 Å². The zero-order chi connectivity index (χ0) is 23.8. The van der Waals surface area contributed by atoms with E-state index >= 15 is 0 Å². The maximum absolute atomic E-state index is 12.9. The third kappa shape index (κ3) is 5.76. The van der Waals surface area contributed by atoms with E-state index in [1.54, 1.807) is 6.21 Å². The van der Waals surface area contributed by atoms with Crippen LogP contribution in [0.4, 0.5) is 5.82 Å². The predicted octanol–water partition coefficient (Wildman–Crippen LogP) is 2.16. The summed E-state index contributed by atoms with van der Waals surface area (Å²) in [6.07, 6.45) is 7.05. The third-order valence-corrected chi connectivity index (χ3v) is 5.52.